The Morgan fingerprint density at radius 1 is 1.43 bits per heavy atom. The summed E-state index contributed by atoms with van der Waals surface area (Å²) >= 11 is 0. The van der Waals surface area contributed by atoms with Gasteiger partial charge in [0, 0.05) is 13.1 Å². The Morgan fingerprint density at radius 2 is 2.14 bits per heavy atom. The average Bonchev–Trinajstić information content (AvgIpc) is 2.28. The molecule has 2 N–H and O–H groups in total. The van der Waals surface area contributed by atoms with Crippen molar-refractivity contribution in [2.24, 2.45) is 5.73 Å². The van der Waals surface area contributed by atoms with Crippen molar-refractivity contribution in [3.63, 3.8) is 0 Å². The maximum atomic E-state index is 11.2. The summed E-state index contributed by atoms with van der Waals surface area (Å²) in [5.74, 6) is 0.441. The lowest BCUT2D eigenvalue weighted by atomic mass is 10.3. The molecule has 6 heteroatoms. The second-order valence-corrected chi connectivity index (χ2v) is 5.85. The van der Waals surface area contributed by atoms with Crippen LogP contribution in [0.25, 0.3) is 0 Å². The summed E-state index contributed by atoms with van der Waals surface area (Å²) in [6.07, 6.45) is 0.639. The Balaban J connectivity index is 2.47. The second kappa shape index (κ2) is 4.73. The number of hydrogen-bond acceptors (Lipinski definition) is 5. The number of rotatable bonds is 2. The Hall–Kier alpha value is -0.640. The van der Waals surface area contributed by atoms with Crippen molar-refractivity contribution in [2.75, 3.05) is 31.1 Å². The first-order valence-corrected chi connectivity index (χ1v) is 6.43. The molecule has 0 bridgehead atoms. The molecule has 1 aliphatic heterocycles. The van der Waals surface area contributed by atoms with Crippen LogP contribution in [0.3, 0.4) is 0 Å². The normalized spacial score (nSPS) is 24.9. The fraction of sp³-hybridized carbons (Fsp3) is 0.875. The van der Waals surface area contributed by atoms with Gasteiger partial charge < -0.3 is 5.73 Å². The van der Waals surface area contributed by atoms with E-state index in [1.54, 1.807) is 0 Å². The average molecular weight is 217 g/mol. The van der Waals surface area contributed by atoms with E-state index in [2.05, 4.69) is 0 Å². The Kier molecular flexibility index (Phi) is 3.86. The van der Waals surface area contributed by atoms with Crippen molar-refractivity contribution in [1.29, 1.82) is 5.26 Å². The van der Waals surface area contributed by atoms with Crippen LogP contribution < -0.4 is 5.73 Å². The molecule has 0 aliphatic carbocycles. The summed E-state index contributed by atoms with van der Waals surface area (Å²) < 4.78 is 22.5. The van der Waals surface area contributed by atoms with Gasteiger partial charge in [-0.1, -0.05) is 0 Å². The minimum absolute atomic E-state index is 0.186. The zero-order valence-electron chi connectivity index (χ0n) is 8.02. The summed E-state index contributed by atoms with van der Waals surface area (Å²) in [5, 5.41) is 8.52. The SMILES string of the molecule is N#CC(N)CN1CCCS(=O)(=O)CC1. The van der Waals surface area contributed by atoms with Crippen molar-refractivity contribution >= 4 is 9.84 Å². The zero-order chi connectivity index (χ0) is 10.6. The van der Waals surface area contributed by atoms with Crippen molar-refractivity contribution in [2.45, 2.75) is 12.5 Å². The molecule has 5 nitrogen and oxygen atoms in total. The topological polar surface area (TPSA) is 87.2 Å². The third kappa shape index (κ3) is 3.62. The van der Waals surface area contributed by atoms with Crippen molar-refractivity contribution < 1.29 is 8.42 Å². The van der Waals surface area contributed by atoms with Crippen molar-refractivity contribution in [1.82, 2.24) is 4.90 Å². The fourth-order valence-corrected chi connectivity index (χ4v) is 2.80. The number of nitrogens with two attached hydrogens (primary N) is 1. The quantitative estimate of drug-likeness (QED) is 0.638. The van der Waals surface area contributed by atoms with E-state index in [4.69, 9.17) is 11.0 Å². The molecule has 80 valence electrons. The molecule has 1 fully saturated rings. The first kappa shape index (κ1) is 11.4. The lowest BCUT2D eigenvalue weighted by Gasteiger charge is -2.19. The molecule has 14 heavy (non-hydrogen) atoms. The highest BCUT2D eigenvalue weighted by Gasteiger charge is 2.19. The molecular weight excluding hydrogens is 202 g/mol. The smallest absolute Gasteiger partial charge is 0.151 e. The Morgan fingerprint density at radius 3 is 2.79 bits per heavy atom. The van der Waals surface area contributed by atoms with E-state index in [1.165, 1.54) is 0 Å². The molecule has 0 aromatic heterocycles. The van der Waals surface area contributed by atoms with Crippen molar-refractivity contribution in [3.8, 4) is 6.07 Å². The van der Waals surface area contributed by atoms with E-state index in [1.807, 2.05) is 11.0 Å². The summed E-state index contributed by atoms with van der Waals surface area (Å²) in [6.45, 7) is 1.68. The Labute approximate surface area is 84.4 Å². The van der Waals surface area contributed by atoms with Gasteiger partial charge >= 0.3 is 0 Å². The summed E-state index contributed by atoms with van der Waals surface area (Å²) in [6, 6.07) is 1.42. The van der Waals surface area contributed by atoms with Crippen LogP contribution in [0.15, 0.2) is 0 Å². The van der Waals surface area contributed by atoms with Gasteiger partial charge in [-0.2, -0.15) is 5.26 Å². The van der Waals surface area contributed by atoms with Gasteiger partial charge in [0.1, 0.15) is 6.04 Å². The Bertz CT molecular complexity index is 320. The molecule has 0 radical (unpaired) electrons. The molecular formula is C8H15N3O2S. The maximum absolute atomic E-state index is 11.2. The lowest BCUT2D eigenvalue weighted by molar-refractivity contribution is 0.290. The van der Waals surface area contributed by atoms with Gasteiger partial charge in [-0.15, -0.1) is 0 Å². The van der Waals surface area contributed by atoms with Crippen LogP contribution in [0.4, 0.5) is 0 Å². The predicted molar refractivity (Wildman–Crippen MR) is 53.3 cm³/mol. The van der Waals surface area contributed by atoms with Gasteiger partial charge in [-0.05, 0) is 13.0 Å². The van der Waals surface area contributed by atoms with Gasteiger partial charge in [0.15, 0.2) is 9.84 Å². The van der Waals surface area contributed by atoms with Gasteiger partial charge in [0.25, 0.3) is 0 Å². The van der Waals surface area contributed by atoms with Gasteiger partial charge in [0.2, 0.25) is 0 Å². The highest BCUT2D eigenvalue weighted by Crippen LogP contribution is 2.04. The van der Waals surface area contributed by atoms with Gasteiger partial charge in [0.05, 0.1) is 17.6 Å². The number of hydrogen-bond donors (Lipinski definition) is 1. The van der Waals surface area contributed by atoms with Crippen molar-refractivity contribution in [3.05, 3.63) is 0 Å². The minimum atomic E-state index is -2.86. The monoisotopic (exact) mass is 217 g/mol. The molecule has 1 rings (SSSR count). The van der Waals surface area contributed by atoms with E-state index >= 15 is 0 Å². The van der Waals surface area contributed by atoms with E-state index in [9.17, 15) is 8.42 Å². The van der Waals surface area contributed by atoms with E-state index in [-0.39, 0.29) is 11.5 Å². The van der Waals surface area contributed by atoms with Crippen LogP contribution in [-0.2, 0) is 9.84 Å². The zero-order valence-corrected chi connectivity index (χ0v) is 8.83. The van der Waals surface area contributed by atoms with Crippen LogP contribution in [-0.4, -0.2) is 50.5 Å². The van der Waals surface area contributed by atoms with Crippen LogP contribution >= 0.6 is 0 Å². The van der Waals surface area contributed by atoms with Crippen LogP contribution in [0.5, 0.6) is 0 Å². The van der Waals surface area contributed by atoms with Crippen LogP contribution in [0.1, 0.15) is 6.42 Å². The number of nitriles is 1. The maximum Gasteiger partial charge on any atom is 0.151 e. The number of sulfone groups is 1. The highest BCUT2D eigenvalue weighted by atomic mass is 32.2. The summed E-state index contributed by atoms with van der Waals surface area (Å²) in [7, 11) is -2.86. The summed E-state index contributed by atoms with van der Waals surface area (Å²) in [4.78, 5) is 1.94. The lowest BCUT2D eigenvalue weighted by Crippen LogP contribution is -2.38. The highest BCUT2D eigenvalue weighted by molar-refractivity contribution is 7.91. The third-order valence-electron chi connectivity index (χ3n) is 2.27. The molecule has 1 aliphatic rings. The predicted octanol–water partition coefficient (Wildman–Crippen LogP) is -1.04. The molecule has 0 saturated carbocycles. The second-order valence-electron chi connectivity index (χ2n) is 3.54. The van der Waals surface area contributed by atoms with Crippen LogP contribution in [0, 0.1) is 11.3 Å². The number of nitrogens with zero attached hydrogens (tertiary/aromatic N) is 2. The fourth-order valence-electron chi connectivity index (χ4n) is 1.49. The molecule has 1 unspecified atom stereocenters. The summed E-state index contributed by atoms with van der Waals surface area (Å²) in [5.41, 5.74) is 5.47. The molecule has 1 saturated heterocycles. The van der Waals surface area contributed by atoms with E-state index in [0.717, 1.165) is 0 Å². The largest absolute Gasteiger partial charge is 0.315 e. The first-order valence-electron chi connectivity index (χ1n) is 4.61. The molecule has 1 atom stereocenters. The molecule has 0 amide bonds. The van der Waals surface area contributed by atoms with E-state index in [0.29, 0.717) is 26.1 Å². The molecule has 0 spiro atoms. The van der Waals surface area contributed by atoms with E-state index < -0.39 is 15.9 Å². The van der Waals surface area contributed by atoms with Crippen LogP contribution in [0.2, 0.25) is 0 Å². The molecule has 0 aromatic rings. The van der Waals surface area contributed by atoms with Gasteiger partial charge in [-0.3, -0.25) is 4.90 Å². The standard InChI is InChI=1S/C8H15N3O2S/c9-6-8(10)7-11-2-1-4-14(12,13)5-3-11/h8H,1-5,7,10H2. The molecule has 1 heterocycles. The molecule has 0 aromatic carbocycles. The first-order chi connectivity index (χ1) is 6.53. The minimum Gasteiger partial charge on any atom is -0.315 e. The van der Waals surface area contributed by atoms with Gasteiger partial charge in [-0.25, -0.2) is 8.42 Å². The third-order valence-corrected chi connectivity index (χ3v) is 3.98.